The second kappa shape index (κ2) is 7.09. The Kier molecular flexibility index (Phi) is 4.68. The van der Waals surface area contributed by atoms with E-state index in [1.165, 1.54) is 12.1 Å². The van der Waals surface area contributed by atoms with E-state index in [1.54, 1.807) is 43.3 Å². The first-order valence-corrected chi connectivity index (χ1v) is 7.88. The first-order chi connectivity index (χ1) is 12.9. The summed E-state index contributed by atoms with van der Waals surface area (Å²) < 4.78 is 9.88. The minimum Gasteiger partial charge on any atom is -0.462 e. The molecule has 0 spiro atoms. The zero-order chi connectivity index (χ0) is 19.6. The number of non-ortho nitro benzene ring substituents is 1. The molecular formula is C19H12N2O6. The van der Waals surface area contributed by atoms with E-state index in [4.69, 9.17) is 14.4 Å². The molecule has 1 heterocycles. The number of nitrogens with zero attached hydrogens (tertiary/aromatic N) is 2. The van der Waals surface area contributed by atoms with Gasteiger partial charge in [0.15, 0.2) is 0 Å². The van der Waals surface area contributed by atoms with Gasteiger partial charge in [0.2, 0.25) is 5.58 Å². The van der Waals surface area contributed by atoms with Crippen LogP contribution in [0.1, 0.15) is 22.8 Å². The Morgan fingerprint density at radius 2 is 1.93 bits per heavy atom. The van der Waals surface area contributed by atoms with Crippen molar-refractivity contribution < 1.29 is 18.9 Å². The number of ether oxygens (including phenoxy) is 1. The number of carbonyl (C=O) groups excluding carboxylic acids is 1. The van der Waals surface area contributed by atoms with Crippen LogP contribution >= 0.6 is 0 Å². The molecule has 134 valence electrons. The average molecular weight is 364 g/mol. The van der Waals surface area contributed by atoms with Crippen molar-refractivity contribution in [1.82, 2.24) is 0 Å². The number of hydrogen-bond donors (Lipinski definition) is 0. The summed E-state index contributed by atoms with van der Waals surface area (Å²) in [6.07, 6.45) is 0. The molecule has 0 aliphatic rings. The Hall–Kier alpha value is -3.99. The highest BCUT2D eigenvalue weighted by Crippen LogP contribution is 2.32. The third kappa shape index (κ3) is 3.39. The predicted octanol–water partition coefficient (Wildman–Crippen LogP) is 3.42. The van der Waals surface area contributed by atoms with Gasteiger partial charge in [0.25, 0.3) is 0 Å². The van der Waals surface area contributed by atoms with Crippen LogP contribution in [0, 0.1) is 21.4 Å². The molecule has 0 unspecified atom stereocenters. The number of carbonyl (C=O) groups is 1. The number of hydrogen-bond acceptors (Lipinski definition) is 7. The molecule has 0 aliphatic carbocycles. The van der Waals surface area contributed by atoms with Crippen LogP contribution in [0.4, 0.5) is 5.69 Å². The Bertz CT molecular complexity index is 1160. The normalized spacial score (nSPS) is 10.4. The fourth-order valence-corrected chi connectivity index (χ4v) is 2.61. The largest absolute Gasteiger partial charge is 0.462 e. The van der Waals surface area contributed by atoms with Gasteiger partial charge in [0.1, 0.15) is 11.6 Å². The Labute approximate surface area is 152 Å². The third-order valence-corrected chi connectivity index (χ3v) is 3.86. The number of nitro groups is 1. The Morgan fingerprint density at radius 1 is 1.22 bits per heavy atom. The fourth-order valence-electron chi connectivity index (χ4n) is 2.61. The van der Waals surface area contributed by atoms with Gasteiger partial charge in [-0.2, -0.15) is 5.26 Å². The predicted molar refractivity (Wildman–Crippen MR) is 95.2 cm³/mol. The summed E-state index contributed by atoms with van der Waals surface area (Å²) in [6.45, 7) is 1.96. The molecule has 0 saturated carbocycles. The van der Waals surface area contributed by atoms with E-state index in [2.05, 4.69) is 0 Å². The zero-order valence-corrected chi connectivity index (χ0v) is 14.1. The third-order valence-electron chi connectivity index (χ3n) is 3.86. The smallest absolute Gasteiger partial charge is 0.354 e. The number of fused-ring (bicyclic) bond motifs is 1. The highest BCUT2D eigenvalue weighted by Gasteiger charge is 2.19. The van der Waals surface area contributed by atoms with Gasteiger partial charge in [0.05, 0.1) is 17.1 Å². The van der Waals surface area contributed by atoms with Gasteiger partial charge in [-0.3, -0.25) is 10.1 Å². The lowest BCUT2D eigenvalue weighted by atomic mass is 10.0. The Morgan fingerprint density at radius 3 is 2.52 bits per heavy atom. The molecule has 27 heavy (non-hydrogen) atoms. The molecule has 1 aromatic heterocycles. The second-order valence-electron chi connectivity index (χ2n) is 5.53. The van der Waals surface area contributed by atoms with Gasteiger partial charge < -0.3 is 9.15 Å². The SMILES string of the molecule is CCOC(=O)c1ccc(-c2cc([N+](=O)[O-])c3oc(=O)c(C#N)cc3c2)cc1. The maximum Gasteiger partial charge on any atom is 0.354 e. The molecule has 0 bridgehead atoms. The van der Waals surface area contributed by atoms with Gasteiger partial charge >= 0.3 is 17.3 Å². The van der Waals surface area contributed by atoms with Gasteiger partial charge in [-0.15, -0.1) is 0 Å². The number of nitriles is 1. The molecule has 0 amide bonds. The van der Waals surface area contributed by atoms with E-state index >= 15 is 0 Å². The van der Waals surface area contributed by atoms with Crippen molar-refractivity contribution in [2.45, 2.75) is 6.92 Å². The van der Waals surface area contributed by atoms with Crippen molar-refractivity contribution in [3.63, 3.8) is 0 Å². The van der Waals surface area contributed by atoms with Gasteiger partial charge in [-0.05, 0) is 42.3 Å². The monoisotopic (exact) mass is 364 g/mol. The summed E-state index contributed by atoms with van der Waals surface area (Å²) in [4.78, 5) is 34.2. The van der Waals surface area contributed by atoms with Crippen molar-refractivity contribution in [3.05, 3.63) is 74.1 Å². The van der Waals surface area contributed by atoms with Crippen molar-refractivity contribution in [3.8, 4) is 17.2 Å². The van der Waals surface area contributed by atoms with Crippen molar-refractivity contribution in [2.24, 2.45) is 0 Å². The summed E-state index contributed by atoms with van der Waals surface area (Å²) in [6, 6.07) is 12.2. The summed E-state index contributed by atoms with van der Waals surface area (Å²) in [5, 5.41) is 20.6. The minimum atomic E-state index is -0.931. The second-order valence-corrected chi connectivity index (χ2v) is 5.53. The molecule has 2 aromatic carbocycles. The van der Waals surface area contributed by atoms with Crippen LogP contribution in [0.25, 0.3) is 22.1 Å². The van der Waals surface area contributed by atoms with E-state index < -0.39 is 22.2 Å². The fraction of sp³-hybridized carbons (Fsp3) is 0.105. The van der Waals surface area contributed by atoms with Crippen LogP contribution < -0.4 is 5.63 Å². The number of esters is 1. The molecule has 0 saturated heterocycles. The van der Waals surface area contributed by atoms with Gasteiger partial charge in [-0.1, -0.05) is 12.1 Å². The lowest BCUT2D eigenvalue weighted by Gasteiger charge is -2.06. The lowest BCUT2D eigenvalue weighted by Crippen LogP contribution is -2.05. The highest BCUT2D eigenvalue weighted by atomic mass is 16.6. The summed E-state index contributed by atoms with van der Waals surface area (Å²) in [5.41, 5.74) is -0.325. The minimum absolute atomic E-state index is 0.198. The molecule has 0 aliphatic heterocycles. The first-order valence-electron chi connectivity index (χ1n) is 7.88. The van der Waals surface area contributed by atoms with Gasteiger partial charge in [-0.25, -0.2) is 9.59 Å². The topological polar surface area (TPSA) is 123 Å². The van der Waals surface area contributed by atoms with Gasteiger partial charge in [0, 0.05) is 11.5 Å². The summed E-state index contributed by atoms with van der Waals surface area (Å²) in [5.74, 6) is -0.464. The summed E-state index contributed by atoms with van der Waals surface area (Å²) >= 11 is 0. The zero-order valence-electron chi connectivity index (χ0n) is 14.1. The standard InChI is InChI=1S/C19H12N2O6/c1-2-26-18(22)12-5-3-11(4-6-12)13-7-14-8-15(10-20)19(23)27-17(14)16(9-13)21(24)25/h3-9H,2H2,1H3. The van der Waals surface area contributed by atoms with Crippen molar-refractivity contribution >= 4 is 22.6 Å². The highest BCUT2D eigenvalue weighted by molar-refractivity contribution is 5.92. The quantitative estimate of drug-likeness (QED) is 0.301. The molecule has 0 radical (unpaired) electrons. The van der Waals surface area contributed by atoms with E-state index in [1.807, 2.05) is 0 Å². The Balaban J connectivity index is 2.16. The van der Waals surface area contributed by atoms with Crippen LogP contribution in [0.5, 0.6) is 0 Å². The van der Waals surface area contributed by atoms with Crippen LogP contribution in [0.2, 0.25) is 0 Å². The van der Waals surface area contributed by atoms with E-state index in [9.17, 15) is 19.7 Å². The molecule has 0 atom stereocenters. The maximum atomic E-state index is 11.7. The maximum absolute atomic E-state index is 11.7. The van der Waals surface area contributed by atoms with Crippen LogP contribution in [0.15, 0.2) is 51.7 Å². The van der Waals surface area contributed by atoms with Crippen LogP contribution in [-0.4, -0.2) is 17.5 Å². The lowest BCUT2D eigenvalue weighted by molar-refractivity contribution is -0.383. The van der Waals surface area contributed by atoms with E-state index in [0.717, 1.165) is 0 Å². The number of benzene rings is 2. The number of rotatable bonds is 4. The molecule has 8 nitrogen and oxygen atoms in total. The van der Waals surface area contributed by atoms with E-state index in [0.29, 0.717) is 16.7 Å². The molecular weight excluding hydrogens is 352 g/mol. The van der Waals surface area contributed by atoms with Crippen molar-refractivity contribution in [2.75, 3.05) is 6.61 Å². The summed E-state index contributed by atoms with van der Waals surface area (Å²) in [7, 11) is 0. The number of nitro benzene ring substituents is 1. The first kappa shape index (κ1) is 17.8. The average Bonchev–Trinajstić information content (AvgIpc) is 2.67. The molecule has 8 heteroatoms. The molecule has 3 rings (SSSR count). The van der Waals surface area contributed by atoms with E-state index in [-0.39, 0.29) is 23.1 Å². The van der Waals surface area contributed by atoms with Crippen LogP contribution in [-0.2, 0) is 4.74 Å². The molecule has 0 fully saturated rings. The van der Waals surface area contributed by atoms with Crippen LogP contribution in [0.3, 0.4) is 0 Å². The molecule has 3 aromatic rings. The molecule has 0 N–H and O–H groups in total. The van der Waals surface area contributed by atoms with Crippen molar-refractivity contribution in [1.29, 1.82) is 5.26 Å².